The Labute approximate surface area is 133 Å². The first kappa shape index (κ1) is 16.3. The van der Waals surface area contributed by atoms with E-state index >= 15 is 0 Å². The summed E-state index contributed by atoms with van der Waals surface area (Å²) in [7, 11) is 0. The molecular weight excluding hydrogens is 300 g/mol. The number of nitrogens with zero attached hydrogens (tertiary/aromatic N) is 1. The zero-order chi connectivity index (χ0) is 15.9. The molecule has 1 aromatic heterocycles. The van der Waals surface area contributed by atoms with Crippen molar-refractivity contribution in [2.24, 2.45) is 5.92 Å². The largest absolute Gasteiger partial charge is 0.465 e. The number of esters is 1. The van der Waals surface area contributed by atoms with E-state index in [2.05, 4.69) is 9.97 Å². The zero-order valence-electron chi connectivity index (χ0n) is 12.5. The lowest BCUT2D eigenvalue weighted by atomic mass is 10.1. The number of carbonyl (C=O) groups is 1. The summed E-state index contributed by atoms with van der Waals surface area (Å²) in [4.78, 5) is 30.3. The molecule has 6 heteroatoms. The summed E-state index contributed by atoms with van der Waals surface area (Å²) in [6, 6.07) is 10.9. The third-order valence-electron chi connectivity index (χ3n) is 2.69. The SMILES string of the molecule is CC(C)COC(=O)CSc1nc(-c2ccccc2)cc(=O)[nH]1. The van der Waals surface area contributed by atoms with E-state index < -0.39 is 0 Å². The Morgan fingerprint density at radius 2 is 2.05 bits per heavy atom. The predicted octanol–water partition coefficient (Wildman–Crippen LogP) is 2.73. The molecule has 1 heterocycles. The highest BCUT2D eigenvalue weighted by Crippen LogP contribution is 2.18. The van der Waals surface area contributed by atoms with Crippen LogP contribution in [0, 0.1) is 5.92 Å². The van der Waals surface area contributed by atoms with Gasteiger partial charge in [0.2, 0.25) is 0 Å². The zero-order valence-corrected chi connectivity index (χ0v) is 13.4. The number of H-pyrrole nitrogens is 1. The molecule has 2 aromatic rings. The van der Waals surface area contributed by atoms with Crippen LogP contribution in [0.4, 0.5) is 0 Å². The van der Waals surface area contributed by atoms with E-state index in [1.54, 1.807) is 0 Å². The maximum Gasteiger partial charge on any atom is 0.316 e. The topological polar surface area (TPSA) is 72.0 Å². The molecular formula is C16H18N2O3S. The fourth-order valence-electron chi connectivity index (χ4n) is 1.69. The van der Waals surface area contributed by atoms with E-state index in [-0.39, 0.29) is 17.3 Å². The summed E-state index contributed by atoms with van der Waals surface area (Å²) >= 11 is 1.16. The fraction of sp³-hybridized carbons (Fsp3) is 0.312. The molecule has 0 saturated carbocycles. The van der Waals surface area contributed by atoms with Gasteiger partial charge >= 0.3 is 5.97 Å². The highest BCUT2D eigenvalue weighted by atomic mass is 32.2. The van der Waals surface area contributed by atoms with Gasteiger partial charge in [-0.15, -0.1) is 0 Å². The summed E-state index contributed by atoms with van der Waals surface area (Å²) in [6.07, 6.45) is 0. The predicted molar refractivity (Wildman–Crippen MR) is 86.8 cm³/mol. The molecule has 0 bridgehead atoms. The second kappa shape index (κ2) is 7.79. The summed E-state index contributed by atoms with van der Waals surface area (Å²) in [5, 5.41) is 0.410. The van der Waals surface area contributed by atoms with Crippen molar-refractivity contribution in [3.63, 3.8) is 0 Å². The monoisotopic (exact) mass is 318 g/mol. The Morgan fingerprint density at radius 1 is 1.32 bits per heavy atom. The Balaban J connectivity index is 2.05. The molecule has 0 spiro atoms. The van der Waals surface area contributed by atoms with Crippen LogP contribution in [0.1, 0.15) is 13.8 Å². The van der Waals surface area contributed by atoms with Crippen molar-refractivity contribution in [3.05, 3.63) is 46.8 Å². The van der Waals surface area contributed by atoms with Crippen molar-refractivity contribution < 1.29 is 9.53 Å². The quantitative estimate of drug-likeness (QED) is 0.504. The minimum Gasteiger partial charge on any atom is -0.465 e. The Bertz CT molecular complexity index is 683. The average molecular weight is 318 g/mol. The van der Waals surface area contributed by atoms with E-state index in [0.717, 1.165) is 17.3 Å². The van der Waals surface area contributed by atoms with Gasteiger partial charge in [-0.05, 0) is 5.92 Å². The van der Waals surface area contributed by atoms with Crippen molar-refractivity contribution in [1.82, 2.24) is 9.97 Å². The molecule has 2 rings (SSSR count). The van der Waals surface area contributed by atoms with Crippen molar-refractivity contribution in [3.8, 4) is 11.3 Å². The highest BCUT2D eigenvalue weighted by Gasteiger charge is 2.09. The lowest BCUT2D eigenvalue weighted by molar-refractivity contribution is -0.141. The molecule has 5 nitrogen and oxygen atoms in total. The second-order valence-corrected chi connectivity index (χ2v) is 6.13. The minimum atomic E-state index is -0.313. The van der Waals surface area contributed by atoms with Crippen molar-refractivity contribution >= 4 is 17.7 Å². The van der Waals surface area contributed by atoms with Crippen LogP contribution in [0.2, 0.25) is 0 Å². The van der Waals surface area contributed by atoms with Gasteiger partial charge in [-0.2, -0.15) is 0 Å². The molecule has 116 valence electrons. The van der Waals surface area contributed by atoms with Crippen LogP contribution in [-0.2, 0) is 9.53 Å². The number of hydrogen-bond acceptors (Lipinski definition) is 5. The van der Waals surface area contributed by atoms with Gasteiger partial charge in [0.1, 0.15) is 0 Å². The molecule has 1 aromatic carbocycles. The maximum absolute atomic E-state index is 11.7. The lowest BCUT2D eigenvalue weighted by Crippen LogP contribution is -2.13. The molecule has 0 radical (unpaired) electrons. The average Bonchev–Trinajstić information content (AvgIpc) is 2.51. The minimum absolute atomic E-state index is 0.119. The fourth-order valence-corrected chi connectivity index (χ4v) is 2.36. The van der Waals surface area contributed by atoms with E-state index in [1.165, 1.54) is 6.07 Å². The summed E-state index contributed by atoms with van der Waals surface area (Å²) in [6.45, 7) is 4.35. The first-order valence-corrected chi connectivity index (χ1v) is 7.98. The Morgan fingerprint density at radius 3 is 2.73 bits per heavy atom. The third-order valence-corrected chi connectivity index (χ3v) is 3.54. The van der Waals surface area contributed by atoms with Gasteiger partial charge in [0.25, 0.3) is 5.56 Å². The number of aromatic nitrogens is 2. The molecule has 0 aliphatic carbocycles. The number of nitrogens with one attached hydrogen (secondary N) is 1. The van der Waals surface area contributed by atoms with Crippen LogP contribution in [0.15, 0.2) is 46.3 Å². The van der Waals surface area contributed by atoms with Gasteiger partial charge in [0, 0.05) is 11.6 Å². The Hall–Kier alpha value is -2.08. The van der Waals surface area contributed by atoms with Crippen LogP contribution >= 0.6 is 11.8 Å². The normalized spacial score (nSPS) is 10.7. The van der Waals surface area contributed by atoms with Gasteiger partial charge < -0.3 is 9.72 Å². The highest BCUT2D eigenvalue weighted by molar-refractivity contribution is 7.99. The van der Waals surface area contributed by atoms with Gasteiger partial charge in [0.15, 0.2) is 5.16 Å². The molecule has 0 aliphatic rings. The van der Waals surface area contributed by atoms with Gasteiger partial charge in [-0.1, -0.05) is 55.9 Å². The van der Waals surface area contributed by atoms with Crippen LogP contribution in [-0.4, -0.2) is 28.3 Å². The van der Waals surface area contributed by atoms with Crippen LogP contribution in [0.25, 0.3) is 11.3 Å². The summed E-state index contributed by atoms with van der Waals surface area (Å²) in [5.41, 5.74) is 1.20. The molecule has 0 saturated heterocycles. The Kier molecular flexibility index (Phi) is 5.77. The first-order valence-electron chi connectivity index (χ1n) is 7.00. The van der Waals surface area contributed by atoms with Gasteiger partial charge in [-0.3, -0.25) is 9.59 Å². The smallest absolute Gasteiger partial charge is 0.316 e. The van der Waals surface area contributed by atoms with Crippen LogP contribution < -0.4 is 5.56 Å². The van der Waals surface area contributed by atoms with Crippen molar-refractivity contribution in [2.45, 2.75) is 19.0 Å². The molecule has 0 unspecified atom stereocenters. The van der Waals surface area contributed by atoms with E-state index in [4.69, 9.17) is 4.74 Å². The number of carbonyl (C=O) groups excluding carboxylic acids is 1. The molecule has 0 amide bonds. The lowest BCUT2D eigenvalue weighted by Gasteiger charge is -2.07. The van der Waals surface area contributed by atoms with Crippen molar-refractivity contribution in [2.75, 3.05) is 12.4 Å². The number of ether oxygens (including phenoxy) is 1. The van der Waals surface area contributed by atoms with E-state index in [1.807, 2.05) is 44.2 Å². The maximum atomic E-state index is 11.7. The number of benzene rings is 1. The summed E-state index contributed by atoms with van der Waals surface area (Å²) < 4.78 is 5.09. The molecule has 0 aliphatic heterocycles. The third kappa shape index (κ3) is 5.04. The van der Waals surface area contributed by atoms with E-state index in [9.17, 15) is 9.59 Å². The number of hydrogen-bond donors (Lipinski definition) is 1. The molecule has 0 fully saturated rings. The first-order chi connectivity index (χ1) is 10.5. The number of aromatic amines is 1. The van der Waals surface area contributed by atoms with E-state index in [0.29, 0.717) is 23.4 Å². The summed E-state index contributed by atoms with van der Waals surface area (Å²) in [5.74, 6) is 0.105. The standard InChI is InChI=1S/C16H18N2O3S/c1-11(2)9-21-15(20)10-22-16-17-13(8-14(19)18-16)12-6-4-3-5-7-12/h3-8,11H,9-10H2,1-2H3,(H,17,18,19). The number of thioether (sulfide) groups is 1. The molecule has 22 heavy (non-hydrogen) atoms. The number of rotatable bonds is 6. The van der Waals surface area contributed by atoms with Crippen LogP contribution in [0.3, 0.4) is 0 Å². The van der Waals surface area contributed by atoms with Crippen LogP contribution in [0.5, 0.6) is 0 Å². The van der Waals surface area contributed by atoms with Gasteiger partial charge in [0.05, 0.1) is 18.1 Å². The van der Waals surface area contributed by atoms with Crippen molar-refractivity contribution in [1.29, 1.82) is 0 Å². The molecule has 1 N–H and O–H groups in total. The van der Waals surface area contributed by atoms with Gasteiger partial charge in [-0.25, -0.2) is 4.98 Å². The molecule has 0 atom stereocenters. The second-order valence-electron chi connectivity index (χ2n) is 5.17.